The molecule has 2 nitrogen and oxygen atoms in total. The Morgan fingerprint density at radius 2 is 2.14 bits per heavy atom. The van der Waals surface area contributed by atoms with Crippen molar-refractivity contribution in [2.24, 2.45) is 0 Å². The fraction of sp³-hybridized carbons (Fsp3) is 0.182. The lowest BCUT2D eigenvalue weighted by atomic mass is 10.2. The van der Waals surface area contributed by atoms with E-state index in [-0.39, 0.29) is 11.8 Å². The second kappa shape index (κ2) is 3.46. The van der Waals surface area contributed by atoms with E-state index in [2.05, 4.69) is 6.07 Å². The van der Waals surface area contributed by atoms with Gasteiger partial charge in [0.1, 0.15) is 0 Å². The number of carbonyl (C=O) groups excluding carboxylic acids is 1. The molecule has 0 spiro atoms. The maximum Gasteiger partial charge on any atom is 0.241 e. The summed E-state index contributed by atoms with van der Waals surface area (Å²) in [5, 5.41) is 0.803. The lowest BCUT2D eigenvalue weighted by Gasteiger charge is -2.03. The number of carbonyl (C=O) groups is 1. The summed E-state index contributed by atoms with van der Waals surface area (Å²) in [6, 6.07) is 10.0. The van der Waals surface area contributed by atoms with Gasteiger partial charge in [0.2, 0.25) is 5.24 Å². The molecule has 0 fully saturated rings. The molecule has 2 rings (SSSR count). The largest absolute Gasteiger partial charge is 0.336 e. The van der Waals surface area contributed by atoms with E-state index in [4.69, 9.17) is 11.6 Å². The first kappa shape index (κ1) is 9.28. The average Bonchev–Trinajstić information content (AvgIpc) is 2.43. The molecule has 72 valence electrons. The van der Waals surface area contributed by atoms with Crippen molar-refractivity contribution in [3.8, 4) is 0 Å². The molecule has 0 aliphatic rings. The Hall–Kier alpha value is -1.28. The first-order valence-corrected chi connectivity index (χ1v) is 4.79. The fourth-order valence-corrected chi connectivity index (χ4v) is 1.80. The number of hydrogen-bond donors (Lipinski definition) is 0. The van der Waals surface area contributed by atoms with E-state index in [0.717, 1.165) is 16.6 Å². The Labute approximate surface area is 87.1 Å². The Balaban J connectivity index is 2.62. The van der Waals surface area contributed by atoms with Crippen LogP contribution in [0.15, 0.2) is 30.3 Å². The summed E-state index contributed by atoms with van der Waals surface area (Å²) in [5.41, 5.74) is 2.11. The molecule has 14 heavy (non-hydrogen) atoms. The molecule has 1 aromatic heterocycles. The van der Waals surface area contributed by atoms with Gasteiger partial charge in [-0.3, -0.25) is 4.79 Å². The van der Waals surface area contributed by atoms with Crippen molar-refractivity contribution in [1.29, 1.82) is 0 Å². The number of nitrogens with zero attached hydrogens (tertiary/aromatic N) is 1. The predicted molar refractivity (Wildman–Crippen MR) is 57.5 cm³/mol. The number of hydrogen-bond acceptors (Lipinski definition) is 1. The molecule has 3 heteroatoms. The molecule has 0 aliphatic carbocycles. The highest BCUT2D eigenvalue weighted by Crippen LogP contribution is 2.19. The van der Waals surface area contributed by atoms with Crippen molar-refractivity contribution in [3.63, 3.8) is 0 Å². The number of aryl methyl sites for hydroxylation is 1. The Morgan fingerprint density at radius 3 is 2.86 bits per heavy atom. The minimum Gasteiger partial charge on any atom is -0.336 e. The van der Waals surface area contributed by atoms with Gasteiger partial charge in [-0.1, -0.05) is 18.2 Å². The molecule has 0 N–H and O–H groups in total. The molecular formula is C11H10ClNO. The van der Waals surface area contributed by atoms with Gasteiger partial charge in [-0.15, -0.1) is 0 Å². The topological polar surface area (TPSA) is 22.0 Å². The van der Waals surface area contributed by atoms with Crippen LogP contribution in [-0.4, -0.2) is 9.81 Å². The maximum atomic E-state index is 10.9. The van der Waals surface area contributed by atoms with Crippen LogP contribution >= 0.6 is 11.6 Å². The van der Waals surface area contributed by atoms with Crippen LogP contribution < -0.4 is 0 Å². The lowest BCUT2D eigenvalue weighted by Crippen LogP contribution is -2.05. The van der Waals surface area contributed by atoms with Gasteiger partial charge in [-0.05, 0) is 36.0 Å². The Morgan fingerprint density at radius 1 is 1.43 bits per heavy atom. The number of halogens is 1. The zero-order valence-corrected chi connectivity index (χ0v) is 8.58. The first-order valence-electron chi connectivity index (χ1n) is 4.41. The van der Waals surface area contributed by atoms with Crippen molar-refractivity contribution >= 4 is 27.7 Å². The fourth-order valence-electron chi connectivity index (χ4n) is 1.68. The van der Waals surface area contributed by atoms with E-state index < -0.39 is 0 Å². The Kier molecular flexibility index (Phi) is 2.30. The van der Waals surface area contributed by atoms with E-state index in [0.29, 0.717) is 0 Å². The predicted octanol–water partition coefficient (Wildman–Crippen LogP) is 2.72. The third-order valence-corrected chi connectivity index (χ3v) is 2.42. The molecular weight excluding hydrogens is 198 g/mol. The molecule has 0 atom stereocenters. The van der Waals surface area contributed by atoms with Crippen LogP contribution in [0.3, 0.4) is 0 Å². The summed E-state index contributed by atoms with van der Waals surface area (Å²) in [6.45, 7) is 2.21. The van der Waals surface area contributed by atoms with Crippen molar-refractivity contribution < 1.29 is 4.79 Å². The van der Waals surface area contributed by atoms with E-state index >= 15 is 0 Å². The van der Waals surface area contributed by atoms with Gasteiger partial charge in [0.05, 0.1) is 6.54 Å². The van der Waals surface area contributed by atoms with Gasteiger partial charge in [0, 0.05) is 11.2 Å². The van der Waals surface area contributed by atoms with Crippen LogP contribution in [0.5, 0.6) is 0 Å². The molecule has 1 heterocycles. The summed E-state index contributed by atoms with van der Waals surface area (Å²) in [6.07, 6.45) is 0. The van der Waals surface area contributed by atoms with E-state index in [1.165, 1.54) is 0 Å². The summed E-state index contributed by atoms with van der Waals surface area (Å²) >= 11 is 5.38. The number of aromatic nitrogens is 1. The average molecular weight is 208 g/mol. The van der Waals surface area contributed by atoms with Crippen LogP contribution in [0.1, 0.15) is 5.69 Å². The monoisotopic (exact) mass is 207 g/mol. The number of para-hydroxylation sites is 1. The van der Waals surface area contributed by atoms with Gasteiger partial charge in [-0.2, -0.15) is 0 Å². The second-order valence-corrected chi connectivity index (χ2v) is 3.71. The maximum absolute atomic E-state index is 10.9. The van der Waals surface area contributed by atoms with E-state index in [1.807, 2.05) is 35.8 Å². The molecule has 0 bridgehead atoms. The molecule has 0 radical (unpaired) electrons. The normalized spacial score (nSPS) is 10.7. The van der Waals surface area contributed by atoms with Gasteiger partial charge >= 0.3 is 0 Å². The van der Waals surface area contributed by atoms with E-state index in [9.17, 15) is 4.79 Å². The number of fused-ring (bicyclic) bond motifs is 1. The van der Waals surface area contributed by atoms with Crippen molar-refractivity contribution in [2.75, 3.05) is 0 Å². The van der Waals surface area contributed by atoms with Crippen LogP contribution in [0.25, 0.3) is 10.9 Å². The molecule has 0 aliphatic heterocycles. The minimum atomic E-state index is -0.338. The van der Waals surface area contributed by atoms with Gasteiger partial charge in [0.25, 0.3) is 0 Å². The van der Waals surface area contributed by atoms with Crippen LogP contribution in [0, 0.1) is 6.92 Å². The van der Waals surface area contributed by atoms with Gasteiger partial charge in [0.15, 0.2) is 0 Å². The minimum absolute atomic E-state index is 0.237. The molecule has 1 aromatic carbocycles. The molecule has 0 amide bonds. The number of rotatable bonds is 2. The molecule has 2 aromatic rings. The highest BCUT2D eigenvalue weighted by molar-refractivity contribution is 6.63. The highest BCUT2D eigenvalue weighted by Gasteiger charge is 2.06. The van der Waals surface area contributed by atoms with Crippen LogP contribution in [0.4, 0.5) is 0 Å². The summed E-state index contributed by atoms with van der Waals surface area (Å²) < 4.78 is 1.92. The van der Waals surface area contributed by atoms with Crippen molar-refractivity contribution in [2.45, 2.75) is 13.5 Å². The van der Waals surface area contributed by atoms with E-state index in [1.54, 1.807) is 0 Å². The van der Waals surface area contributed by atoms with Crippen molar-refractivity contribution in [3.05, 3.63) is 36.0 Å². The zero-order chi connectivity index (χ0) is 10.1. The quantitative estimate of drug-likeness (QED) is 0.694. The third kappa shape index (κ3) is 1.53. The van der Waals surface area contributed by atoms with Gasteiger partial charge < -0.3 is 4.57 Å². The second-order valence-electron chi connectivity index (χ2n) is 3.29. The first-order chi connectivity index (χ1) is 6.68. The molecule has 0 saturated carbocycles. The molecule has 0 saturated heterocycles. The third-order valence-electron chi connectivity index (χ3n) is 2.30. The summed E-state index contributed by atoms with van der Waals surface area (Å²) in [4.78, 5) is 10.9. The zero-order valence-electron chi connectivity index (χ0n) is 7.83. The lowest BCUT2D eigenvalue weighted by molar-refractivity contribution is -0.112. The van der Waals surface area contributed by atoms with Crippen LogP contribution in [0.2, 0.25) is 0 Å². The summed E-state index contributed by atoms with van der Waals surface area (Å²) in [5.74, 6) is 0. The Bertz CT molecular complexity index is 487. The van der Waals surface area contributed by atoms with Crippen molar-refractivity contribution in [1.82, 2.24) is 4.57 Å². The number of benzene rings is 1. The standard InChI is InChI=1S/C11H10ClNO/c1-8-6-9-4-2-3-5-10(9)13(8)7-11(12)14/h2-6H,7H2,1H3. The van der Waals surface area contributed by atoms with Crippen LogP contribution in [-0.2, 0) is 11.3 Å². The smallest absolute Gasteiger partial charge is 0.241 e. The SMILES string of the molecule is Cc1cc2ccccc2n1CC(=O)Cl. The van der Waals surface area contributed by atoms with Gasteiger partial charge in [-0.25, -0.2) is 0 Å². The highest BCUT2D eigenvalue weighted by atomic mass is 35.5. The molecule has 0 unspecified atom stereocenters. The summed E-state index contributed by atoms with van der Waals surface area (Å²) in [7, 11) is 0.